The molecule has 7 nitrogen and oxygen atoms in total. The van der Waals surface area contributed by atoms with Crippen molar-refractivity contribution in [3.63, 3.8) is 0 Å². The summed E-state index contributed by atoms with van der Waals surface area (Å²) < 4.78 is 20.3. The Hall–Kier alpha value is -3.68. The van der Waals surface area contributed by atoms with Crippen LogP contribution in [0.15, 0.2) is 60.9 Å². The van der Waals surface area contributed by atoms with Gasteiger partial charge in [0.15, 0.2) is 0 Å². The summed E-state index contributed by atoms with van der Waals surface area (Å²) >= 11 is 0. The third-order valence-electron chi connectivity index (χ3n) is 6.10. The Balaban J connectivity index is 1.43. The number of hydrogen-bond donors (Lipinski definition) is 1. The highest BCUT2D eigenvalue weighted by Gasteiger charge is 2.30. The number of methoxy groups -OCH3 is 1. The van der Waals surface area contributed by atoms with Crippen LogP contribution < -0.4 is 10.1 Å². The van der Waals surface area contributed by atoms with Crippen molar-refractivity contribution in [2.75, 3.05) is 20.2 Å². The fourth-order valence-corrected chi connectivity index (χ4v) is 4.13. The van der Waals surface area contributed by atoms with E-state index in [1.807, 2.05) is 42.1 Å². The molecule has 1 atom stereocenters. The number of nitrogens with zero attached hydrogens (tertiary/aromatic N) is 3. The quantitative estimate of drug-likeness (QED) is 0.625. The van der Waals surface area contributed by atoms with E-state index < -0.39 is 6.04 Å². The molecule has 4 rings (SSSR count). The van der Waals surface area contributed by atoms with Crippen molar-refractivity contribution in [1.82, 2.24) is 19.8 Å². The van der Waals surface area contributed by atoms with Crippen molar-refractivity contribution in [2.24, 2.45) is 13.0 Å². The van der Waals surface area contributed by atoms with Crippen molar-refractivity contribution in [2.45, 2.75) is 18.9 Å². The zero-order valence-corrected chi connectivity index (χ0v) is 18.7. The molecule has 1 N–H and O–H groups in total. The average Bonchev–Trinajstić information content (AvgIpc) is 3.28. The van der Waals surface area contributed by atoms with Crippen LogP contribution in [0.3, 0.4) is 0 Å². The Kier molecular flexibility index (Phi) is 6.72. The van der Waals surface area contributed by atoms with Gasteiger partial charge in [-0.1, -0.05) is 12.1 Å². The third-order valence-corrected chi connectivity index (χ3v) is 6.10. The summed E-state index contributed by atoms with van der Waals surface area (Å²) in [6.45, 7) is 0.952. The molecule has 0 spiro atoms. The molecule has 2 heterocycles. The third kappa shape index (κ3) is 5.05. The molecule has 172 valence electrons. The Morgan fingerprint density at radius 2 is 1.76 bits per heavy atom. The number of carbonyl (C=O) groups excluding carboxylic acids is 2. The number of benzene rings is 2. The Morgan fingerprint density at radius 3 is 2.33 bits per heavy atom. The van der Waals surface area contributed by atoms with E-state index in [1.165, 1.54) is 24.3 Å². The maximum Gasteiger partial charge on any atom is 0.253 e. The number of imidazole rings is 1. The summed E-state index contributed by atoms with van der Waals surface area (Å²) in [4.78, 5) is 32.0. The lowest BCUT2D eigenvalue weighted by atomic mass is 9.94. The van der Waals surface area contributed by atoms with Crippen LogP contribution in [-0.4, -0.2) is 46.5 Å². The number of nitrogens with one attached hydrogen (secondary N) is 1. The van der Waals surface area contributed by atoms with Crippen LogP contribution in [-0.2, 0) is 11.8 Å². The minimum Gasteiger partial charge on any atom is -0.497 e. The number of halogens is 1. The normalized spacial score (nSPS) is 15.2. The molecule has 33 heavy (non-hydrogen) atoms. The second-order valence-electron chi connectivity index (χ2n) is 8.18. The van der Waals surface area contributed by atoms with Gasteiger partial charge < -0.3 is 19.5 Å². The van der Waals surface area contributed by atoms with Crippen molar-refractivity contribution in [3.8, 4) is 5.75 Å². The lowest BCUT2D eigenvalue weighted by Gasteiger charge is -2.32. The van der Waals surface area contributed by atoms with Crippen LogP contribution in [0.5, 0.6) is 5.75 Å². The second-order valence-corrected chi connectivity index (χ2v) is 8.18. The number of amides is 2. The fraction of sp³-hybridized carbons (Fsp3) is 0.320. The Labute approximate surface area is 192 Å². The highest BCUT2D eigenvalue weighted by Crippen LogP contribution is 2.25. The summed E-state index contributed by atoms with van der Waals surface area (Å²) in [5.41, 5.74) is 1.36. The summed E-state index contributed by atoms with van der Waals surface area (Å²) in [5, 5.41) is 3.16. The largest absolute Gasteiger partial charge is 0.497 e. The van der Waals surface area contributed by atoms with Crippen LogP contribution in [0.25, 0.3) is 0 Å². The topological polar surface area (TPSA) is 76.5 Å². The summed E-state index contributed by atoms with van der Waals surface area (Å²) in [5.74, 6) is 0.689. The number of aromatic nitrogens is 2. The second kappa shape index (κ2) is 9.85. The number of piperidine rings is 1. The molecule has 8 heteroatoms. The Morgan fingerprint density at radius 1 is 1.09 bits per heavy atom. The van der Waals surface area contributed by atoms with Crippen LogP contribution in [0.4, 0.5) is 4.39 Å². The molecule has 1 unspecified atom stereocenters. The molecule has 1 saturated heterocycles. The number of ether oxygens (including phenoxy) is 1. The molecule has 2 aromatic carbocycles. The van der Waals surface area contributed by atoms with Crippen molar-refractivity contribution in [3.05, 3.63) is 83.7 Å². The van der Waals surface area contributed by atoms with E-state index in [0.717, 1.165) is 17.1 Å². The minimum atomic E-state index is -0.401. The van der Waals surface area contributed by atoms with E-state index in [4.69, 9.17) is 4.74 Å². The SMILES string of the molecule is COc1ccc(C(NC(=O)C2CCN(C(=O)c3ccc(F)cc3)CC2)c2nccn2C)cc1. The molecule has 1 aromatic heterocycles. The minimum absolute atomic E-state index is 0.0623. The molecule has 3 aromatic rings. The number of likely N-dealkylation sites (tertiary alicyclic amines) is 1. The first-order valence-electron chi connectivity index (χ1n) is 10.9. The first-order chi connectivity index (χ1) is 16.0. The van der Waals surface area contributed by atoms with Gasteiger partial charge in [0, 0.05) is 44.0 Å². The van der Waals surface area contributed by atoms with E-state index in [1.54, 1.807) is 18.2 Å². The first-order valence-corrected chi connectivity index (χ1v) is 10.9. The zero-order chi connectivity index (χ0) is 23.4. The lowest BCUT2D eigenvalue weighted by Crippen LogP contribution is -2.44. The molecule has 0 bridgehead atoms. The van der Waals surface area contributed by atoms with Crippen LogP contribution in [0.1, 0.15) is 40.6 Å². The molecule has 1 aliphatic heterocycles. The van der Waals surface area contributed by atoms with E-state index in [0.29, 0.717) is 31.5 Å². The number of rotatable bonds is 6. The predicted molar refractivity (Wildman–Crippen MR) is 121 cm³/mol. The standard InChI is InChI=1S/C25H27FN4O3/c1-29-16-13-27-23(29)22(17-5-9-21(33-2)10-6-17)28-24(31)18-11-14-30(15-12-18)25(32)19-3-7-20(26)8-4-19/h3-10,13,16,18,22H,11-12,14-15H2,1-2H3,(H,28,31). The van der Waals surface area contributed by atoms with Gasteiger partial charge >= 0.3 is 0 Å². The maximum atomic E-state index is 13.2. The van der Waals surface area contributed by atoms with Crippen molar-refractivity contribution in [1.29, 1.82) is 0 Å². The molecular weight excluding hydrogens is 423 g/mol. The Bertz CT molecular complexity index is 1100. The molecule has 2 amide bonds. The number of carbonyl (C=O) groups is 2. The monoisotopic (exact) mass is 450 g/mol. The fourth-order valence-electron chi connectivity index (χ4n) is 4.13. The first kappa shape index (κ1) is 22.5. The summed E-state index contributed by atoms with van der Waals surface area (Å²) in [6.07, 6.45) is 4.68. The predicted octanol–water partition coefficient (Wildman–Crippen LogP) is 3.33. The molecular formula is C25H27FN4O3. The molecule has 1 fully saturated rings. The van der Waals surface area contributed by atoms with Crippen LogP contribution in [0.2, 0.25) is 0 Å². The summed E-state index contributed by atoms with van der Waals surface area (Å²) in [6, 6.07) is 12.7. The number of hydrogen-bond acceptors (Lipinski definition) is 4. The highest BCUT2D eigenvalue weighted by atomic mass is 19.1. The lowest BCUT2D eigenvalue weighted by molar-refractivity contribution is -0.126. The summed E-state index contributed by atoms with van der Waals surface area (Å²) in [7, 11) is 3.50. The smallest absolute Gasteiger partial charge is 0.253 e. The molecule has 0 radical (unpaired) electrons. The van der Waals surface area contributed by atoms with Crippen molar-refractivity contribution >= 4 is 11.8 Å². The van der Waals surface area contributed by atoms with Gasteiger partial charge in [0.2, 0.25) is 5.91 Å². The molecule has 0 saturated carbocycles. The van der Waals surface area contributed by atoms with Crippen LogP contribution >= 0.6 is 0 Å². The maximum absolute atomic E-state index is 13.2. The molecule has 0 aliphatic carbocycles. The van der Waals surface area contributed by atoms with Gasteiger partial charge in [-0.2, -0.15) is 0 Å². The van der Waals surface area contributed by atoms with Gasteiger partial charge in [0.1, 0.15) is 23.4 Å². The van der Waals surface area contributed by atoms with E-state index in [-0.39, 0.29) is 23.5 Å². The van der Waals surface area contributed by atoms with Gasteiger partial charge in [0.05, 0.1) is 7.11 Å². The number of aryl methyl sites for hydroxylation is 1. The molecule has 1 aliphatic rings. The van der Waals surface area contributed by atoms with Gasteiger partial charge in [-0.25, -0.2) is 9.37 Å². The van der Waals surface area contributed by atoms with E-state index >= 15 is 0 Å². The van der Waals surface area contributed by atoms with Gasteiger partial charge in [-0.05, 0) is 54.8 Å². The highest BCUT2D eigenvalue weighted by molar-refractivity contribution is 5.94. The van der Waals surface area contributed by atoms with E-state index in [9.17, 15) is 14.0 Å². The van der Waals surface area contributed by atoms with Crippen LogP contribution in [0, 0.1) is 11.7 Å². The zero-order valence-electron chi connectivity index (χ0n) is 18.7. The van der Waals surface area contributed by atoms with Crippen molar-refractivity contribution < 1.29 is 18.7 Å². The van der Waals surface area contributed by atoms with E-state index in [2.05, 4.69) is 10.3 Å². The van der Waals surface area contributed by atoms with Gasteiger partial charge in [-0.3, -0.25) is 9.59 Å². The van der Waals surface area contributed by atoms with Gasteiger partial charge in [0.25, 0.3) is 5.91 Å². The average molecular weight is 451 g/mol. The van der Waals surface area contributed by atoms with Gasteiger partial charge in [-0.15, -0.1) is 0 Å².